The number of Topliss-reactive ketones (excluding diaryl/α,β-unsaturated/α-hetero) is 2. The molecule has 1 aromatic heterocycles. The van der Waals surface area contributed by atoms with Crippen LogP contribution in [0.5, 0.6) is 5.75 Å². The number of rotatable bonds is 5. The minimum absolute atomic E-state index is 0.0270. The summed E-state index contributed by atoms with van der Waals surface area (Å²) in [5, 5.41) is 45.0. The van der Waals surface area contributed by atoms with Gasteiger partial charge in [0, 0.05) is 17.1 Å². The monoisotopic (exact) mass is 563 g/mol. The van der Waals surface area contributed by atoms with E-state index in [1.165, 1.54) is 11.0 Å². The average Bonchev–Trinajstić information content (AvgIpc) is 3.59. The number of primary amides is 1. The van der Waals surface area contributed by atoms with Crippen LogP contribution in [-0.2, 0) is 27.3 Å². The number of likely N-dealkylation sites (N-methyl/N-ethyl adjacent to an activating group) is 1. The van der Waals surface area contributed by atoms with Crippen molar-refractivity contribution in [3.63, 3.8) is 0 Å². The Labute approximate surface area is 236 Å². The molecule has 1 amide bonds. The van der Waals surface area contributed by atoms with Gasteiger partial charge >= 0.3 is 0 Å². The molecule has 2 heterocycles. The highest BCUT2D eigenvalue weighted by molar-refractivity contribution is 6.24. The van der Waals surface area contributed by atoms with Gasteiger partial charge in [-0.05, 0) is 88.6 Å². The van der Waals surface area contributed by atoms with Crippen LogP contribution in [0.3, 0.4) is 0 Å². The number of likely N-dealkylation sites (tertiary alicyclic amines) is 1. The number of nitrogens with zero attached hydrogens (tertiary/aromatic N) is 2. The minimum Gasteiger partial charge on any atom is -0.508 e. The first-order chi connectivity index (χ1) is 19.4. The van der Waals surface area contributed by atoms with Gasteiger partial charge in [-0.3, -0.25) is 24.2 Å². The van der Waals surface area contributed by atoms with Gasteiger partial charge in [0.05, 0.1) is 18.2 Å². The summed E-state index contributed by atoms with van der Waals surface area (Å²) < 4.78 is 6.18. The van der Waals surface area contributed by atoms with Crippen LogP contribution in [0.4, 0.5) is 0 Å². The number of carbonyl (C=O) groups is 3. The van der Waals surface area contributed by atoms with Gasteiger partial charge in [0.2, 0.25) is 5.78 Å². The zero-order valence-corrected chi connectivity index (χ0v) is 22.9. The molecule has 0 radical (unpaired) electrons. The maximum atomic E-state index is 14.0. The lowest BCUT2D eigenvalue weighted by molar-refractivity contribution is -0.153. The lowest BCUT2D eigenvalue weighted by Gasteiger charge is -2.50. The summed E-state index contributed by atoms with van der Waals surface area (Å²) in [6.07, 6.45) is 2.53. The van der Waals surface area contributed by atoms with E-state index in [0.717, 1.165) is 31.7 Å². The second-order valence-corrected chi connectivity index (χ2v) is 11.7. The number of nitrogens with two attached hydrogens (primary N) is 1. The number of amides is 1. The zero-order chi connectivity index (χ0) is 29.4. The Balaban J connectivity index is 1.46. The number of hydrogen-bond donors (Lipinski definition) is 5. The molecule has 1 aliphatic heterocycles. The number of ketones is 2. The normalized spacial score (nSPS) is 28.2. The van der Waals surface area contributed by atoms with E-state index in [1.54, 1.807) is 20.2 Å². The number of hydrogen-bond acceptors (Lipinski definition) is 10. The third kappa shape index (κ3) is 3.94. The van der Waals surface area contributed by atoms with Crippen LogP contribution in [0, 0.1) is 11.8 Å². The van der Waals surface area contributed by atoms with Crippen LogP contribution >= 0.6 is 0 Å². The topological polar surface area (TPSA) is 178 Å². The van der Waals surface area contributed by atoms with Gasteiger partial charge < -0.3 is 30.6 Å². The van der Waals surface area contributed by atoms with Gasteiger partial charge in [0.15, 0.2) is 11.4 Å². The fraction of sp³-hybridized carbons (Fsp3) is 0.433. The first-order valence-electron chi connectivity index (χ1n) is 13.8. The molecule has 11 heteroatoms. The SMILES string of the molecule is CN(C)[C@H]1C(=O)C(C(N)=O)=C(O)[C@]2(O)C(=O)C3=C(O)c4c(O)ccc(-c5ccc(CN6CCCC6)o5)c4C[C@@H]3C[C@H]12. The Morgan fingerprint density at radius 1 is 1.12 bits per heavy atom. The molecular formula is C30H33N3O8. The largest absolute Gasteiger partial charge is 0.508 e. The molecule has 216 valence electrons. The number of phenolic OH excluding ortho intramolecular Hbond substituents is 1. The number of aromatic hydroxyl groups is 1. The molecule has 0 unspecified atom stereocenters. The molecule has 3 aliphatic carbocycles. The van der Waals surface area contributed by atoms with Crippen molar-refractivity contribution in [3.05, 3.63) is 58.1 Å². The van der Waals surface area contributed by atoms with E-state index < -0.39 is 58.0 Å². The van der Waals surface area contributed by atoms with Gasteiger partial charge in [0.1, 0.15) is 34.4 Å². The highest BCUT2D eigenvalue weighted by atomic mass is 16.4. The van der Waals surface area contributed by atoms with Crippen LogP contribution in [0.15, 0.2) is 45.6 Å². The van der Waals surface area contributed by atoms with E-state index in [-0.39, 0.29) is 29.7 Å². The fourth-order valence-electron chi connectivity index (χ4n) is 7.24. The Morgan fingerprint density at radius 3 is 2.49 bits per heavy atom. The second-order valence-electron chi connectivity index (χ2n) is 11.7. The molecule has 6 rings (SSSR count). The summed E-state index contributed by atoms with van der Waals surface area (Å²) in [6, 6.07) is 5.72. The van der Waals surface area contributed by atoms with Crippen LogP contribution < -0.4 is 5.73 Å². The van der Waals surface area contributed by atoms with Crippen LogP contribution in [0.25, 0.3) is 17.1 Å². The third-order valence-corrected chi connectivity index (χ3v) is 9.11. The number of fused-ring (bicyclic) bond motifs is 3. The maximum Gasteiger partial charge on any atom is 0.255 e. The predicted octanol–water partition coefficient (Wildman–Crippen LogP) is 1.82. The summed E-state index contributed by atoms with van der Waals surface area (Å²) >= 11 is 0. The average molecular weight is 564 g/mol. The van der Waals surface area contributed by atoms with Gasteiger partial charge in [-0.2, -0.15) is 0 Å². The number of phenols is 1. The number of furan rings is 1. The summed E-state index contributed by atoms with van der Waals surface area (Å²) in [7, 11) is 3.14. The Hall–Kier alpha value is -3.93. The molecule has 4 atom stereocenters. The van der Waals surface area contributed by atoms with Crippen molar-refractivity contribution in [2.45, 2.75) is 43.9 Å². The van der Waals surface area contributed by atoms with Crippen molar-refractivity contribution >= 4 is 23.2 Å². The first kappa shape index (κ1) is 27.3. The second kappa shape index (κ2) is 9.57. The first-order valence-corrected chi connectivity index (χ1v) is 13.8. The maximum absolute atomic E-state index is 14.0. The van der Waals surface area contributed by atoms with Crippen molar-refractivity contribution in [3.8, 4) is 17.1 Å². The quantitative estimate of drug-likeness (QED) is 0.337. The van der Waals surface area contributed by atoms with Crippen molar-refractivity contribution in [2.75, 3.05) is 27.2 Å². The van der Waals surface area contributed by atoms with Crippen LogP contribution in [-0.4, -0.2) is 86.5 Å². The van der Waals surface area contributed by atoms with Gasteiger partial charge in [-0.15, -0.1) is 0 Å². The smallest absolute Gasteiger partial charge is 0.255 e. The Morgan fingerprint density at radius 2 is 1.83 bits per heavy atom. The highest BCUT2D eigenvalue weighted by Gasteiger charge is 2.64. The number of aliphatic hydroxyl groups is 3. The minimum atomic E-state index is -2.66. The molecule has 0 bridgehead atoms. The summed E-state index contributed by atoms with van der Waals surface area (Å²) in [6.45, 7) is 2.70. The molecule has 2 aromatic rings. The summed E-state index contributed by atoms with van der Waals surface area (Å²) in [5.41, 5.74) is 2.95. The molecular weight excluding hydrogens is 530 g/mol. The molecule has 1 aromatic carbocycles. The van der Waals surface area contributed by atoms with E-state index >= 15 is 0 Å². The van der Waals surface area contributed by atoms with Gasteiger partial charge in [0.25, 0.3) is 5.91 Å². The van der Waals surface area contributed by atoms with Crippen molar-refractivity contribution in [1.82, 2.24) is 9.80 Å². The molecule has 0 spiro atoms. The van der Waals surface area contributed by atoms with E-state index in [0.29, 0.717) is 23.4 Å². The molecule has 2 fully saturated rings. The fourth-order valence-corrected chi connectivity index (χ4v) is 7.24. The number of benzene rings is 1. The standard InChI is InChI=1S/C30H33N3O8/c1-32(2)24-18-12-14-11-17-16(20-8-5-15(41-20)13-33-9-3-4-10-33)6-7-19(34)22(17)25(35)21(14)27(37)30(18,40)28(38)23(26(24)36)29(31)39/h5-8,14,18,24,34-35,38,40H,3-4,9-13H2,1-2H3,(H2,31,39)/t14-,18-,24-,30-/m1/s1. The van der Waals surface area contributed by atoms with E-state index in [2.05, 4.69) is 4.90 Å². The Bertz CT molecular complexity index is 1550. The highest BCUT2D eigenvalue weighted by Crippen LogP contribution is 2.53. The van der Waals surface area contributed by atoms with Crippen LogP contribution in [0.1, 0.15) is 36.1 Å². The number of carbonyl (C=O) groups excluding carboxylic acids is 3. The lowest BCUT2D eigenvalue weighted by atomic mass is 9.57. The van der Waals surface area contributed by atoms with Crippen molar-refractivity contribution in [1.29, 1.82) is 0 Å². The van der Waals surface area contributed by atoms with Crippen molar-refractivity contribution in [2.24, 2.45) is 17.6 Å². The zero-order valence-electron chi connectivity index (χ0n) is 22.9. The molecule has 1 saturated carbocycles. The van der Waals surface area contributed by atoms with Gasteiger partial charge in [-0.25, -0.2) is 0 Å². The lowest BCUT2D eigenvalue weighted by Crippen LogP contribution is -2.65. The molecule has 6 N–H and O–H groups in total. The van der Waals surface area contributed by atoms with E-state index in [1.807, 2.05) is 12.1 Å². The molecule has 4 aliphatic rings. The van der Waals surface area contributed by atoms with E-state index in [9.17, 15) is 34.8 Å². The predicted molar refractivity (Wildman–Crippen MR) is 146 cm³/mol. The molecule has 11 nitrogen and oxygen atoms in total. The summed E-state index contributed by atoms with van der Waals surface area (Å²) in [4.78, 5) is 43.2. The summed E-state index contributed by atoms with van der Waals surface area (Å²) in [5.74, 6) is -5.41. The van der Waals surface area contributed by atoms with E-state index in [4.69, 9.17) is 10.2 Å². The third-order valence-electron chi connectivity index (χ3n) is 9.11. The molecule has 1 saturated heterocycles. The van der Waals surface area contributed by atoms with Gasteiger partial charge in [-0.1, -0.05) is 0 Å². The Kier molecular flexibility index (Phi) is 6.36. The molecule has 41 heavy (non-hydrogen) atoms. The van der Waals surface area contributed by atoms with Crippen LogP contribution in [0.2, 0.25) is 0 Å². The number of aliphatic hydroxyl groups excluding tert-OH is 2. The van der Waals surface area contributed by atoms with Crippen molar-refractivity contribution < 1.29 is 39.2 Å².